The summed E-state index contributed by atoms with van der Waals surface area (Å²) in [5, 5.41) is 3.31. The average molecular weight is 463 g/mol. The number of carbonyl (C=O) groups excluding carboxylic acids is 1. The minimum Gasteiger partial charge on any atom is -0.494 e. The van der Waals surface area contributed by atoms with E-state index in [-0.39, 0.29) is 5.97 Å². The third-order valence-corrected chi connectivity index (χ3v) is 6.49. The molecule has 1 fully saturated rings. The van der Waals surface area contributed by atoms with Crippen LogP contribution in [0, 0.1) is 0 Å². The number of hydrogen-bond acceptors (Lipinski definition) is 8. The number of hydrogen-bond donors (Lipinski definition) is 1. The minimum atomic E-state index is -0.294. The molecule has 0 amide bonds. The maximum Gasteiger partial charge on any atom is 0.339 e. The van der Waals surface area contributed by atoms with Crippen LogP contribution in [0.3, 0.4) is 0 Å². The highest BCUT2D eigenvalue weighted by Crippen LogP contribution is 2.33. The molecule has 0 bridgehead atoms. The third-order valence-electron chi connectivity index (χ3n) is 6.49. The lowest BCUT2D eigenvalue weighted by atomic mass is 10.0. The molecule has 0 radical (unpaired) electrons. The van der Waals surface area contributed by atoms with Crippen molar-refractivity contribution >= 4 is 23.3 Å². The quantitative estimate of drug-likeness (QED) is 0.560. The van der Waals surface area contributed by atoms with Crippen LogP contribution in [0.15, 0.2) is 36.7 Å². The van der Waals surface area contributed by atoms with Crippen LogP contribution in [0.25, 0.3) is 5.82 Å². The molecule has 4 heterocycles. The number of nitrogens with zero attached hydrogens (tertiary/aromatic N) is 5. The first-order valence-corrected chi connectivity index (χ1v) is 11.7. The van der Waals surface area contributed by atoms with Crippen molar-refractivity contribution in [2.45, 2.75) is 19.8 Å². The molecule has 5 rings (SSSR count). The monoisotopic (exact) mass is 462 g/mol. The average Bonchev–Trinajstić information content (AvgIpc) is 3.30. The number of carbonyl (C=O) groups is 1. The van der Waals surface area contributed by atoms with E-state index < -0.39 is 0 Å². The van der Waals surface area contributed by atoms with Gasteiger partial charge in [0.2, 0.25) is 5.95 Å². The van der Waals surface area contributed by atoms with E-state index in [4.69, 9.17) is 14.5 Å². The van der Waals surface area contributed by atoms with Gasteiger partial charge in [-0.05, 0) is 45.0 Å². The van der Waals surface area contributed by atoms with Crippen LogP contribution >= 0.6 is 0 Å². The van der Waals surface area contributed by atoms with Gasteiger partial charge in [0.05, 0.1) is 25.0 Å². The highest BCUT2D eigenvalue weighted by atomic mass is 16.5. The number of anilines is 3. The number of likely N-dealkylation sites (N-methyl/N-ethyl adjacent to an activating group) is 1. The Bertz CT molecular complexity index is 1200. The molecule has 2 aliphatic rings. The smallest absolute Gasteiger partial charge is 0.339 e. The zero-order valence-corrected chi connectivity index (χ0v) is 19.9. The Morgan fingerprint density at radius 1 is 1.15 bits per heavy atom. The van der Waals surface area contributed by atoms with Gasteiger partial charge in [0, 0.05) is 61.6 Å². The van der Waals surface area contributed by atoms with Crippen LogP contribution < -0.4 is 15.0 Å². The summed E-state index contributed by atoms with van der Waals surface area (Å²) in [4.78, 5) is 26.3. The van der Waals surface area contributed by atoms with E-state index >= 15 is 0 Å². The van der Waals surface area contributed by atoms with E-state index in [9.17, 15) is 4.79 Å². The number of methoxy groups -OCH3 is 1. The Morgan fingerprint density at radius 2 is 1.97 bits per heavy atom. The molecule has 0 aliphatic carbocycles. The number of benzene rings is 1. The van der Waals surface area contributed by atoms with E-state index in [1.54, 1.807) is 13.2 Å². The minimum absolute atomic E-state index is 0.294. The number of ether oxygens (including phenoxy) is 2. The summed E-state index contributed by atoms with van der Waals surface area (Å²) in [7, 11) is 3.82. The van der Waals surface area contributed by atoms with Crippen molar-refractivity contribution < 1.29 is 14.3 Å². The Hall–Kier alpha value is -3.59. The Labute approximate surface area is 199 Å². The number of fused-ring (bicyclic) bond motifs is 3. The van der Waals surface area contributed by atoms with Crippen molar-refractivity contribution in [3.8, 4) is 11.6 Å². The molecule has 2 aromatic heterocycles. The summed E-state index contributed by atoms with van der Waals surface area (Å²) in [5.74, 6) is 1.70. The first kappa shape index (κ1) is 22.2. The fourth-order valence-electron chi connectivity index (χ4n) is 4.57. The van der Waals surface area contributed by atoms with Gasteiger partial charge in [-0.1, -0.05) is 0 Å². The molecule has 1 aromatic carbocycles. The van der Waals surface area contributed by atoms with Crippen molar-refractivity contribution in [3.05, 3.63) is 53.5 Å². The highest BCUT2D eigenvalue weighted by Gasteiger charge is 2.24. The van der Waals surface area contributed by atoms with Crippen LogP contribution in [-0.4, -0.2) is 72.3 Å². The van der Waals surface area contributed by atoms with Crippen LogP contribution in [0.2, 0.25) is 0 Å². The maximum absolute atomic E-state index is 12.3. The van der Waals surface area contributed by atoms with Crippen LogP contribution in [0.4, 0.5) is 17.3 Å². The molecule has 2 aliphatic heterocycles. The topological polar surface area (TPSA) is 84.8 Å². The molecule has 1 saturated heterocycles. The number of nitrogens with one attached hydrogen (secondary N) is 1. The number of aryl methyl sites for hydroxylation is 1. The molecular weight excluding hydrogens is 432 g/mol. The lowest BCUT2D eigenvalue weighted by molar-refractivity contribution is 0.0525. The number of esters is 1. The molecule has 9 heteroatoms. The molecule has 0 spiro atoms. The van der Waals surface area contributed by atoms with Gasteiger partial charge < -0.3 is 29.2 Å². The summed E-state index contributed by atoms with van der Waals surface area (Å²) < 4.78 is 12.9. The van der Waals surface area contributed by atoms with Gasteiger partial charge in [-0.2, -0.15) is 4.98 Å². The summed E-state index contributed by atoms with van der Waals surface area (Å²) in [6, 6.07) is 7.97. The predicted octanol–water partition coefficient (Wildman–Crippen LogP) is 3.05. The molecule has 9 nitrogen and oxygen atoms in total. The van der Waals surface area contributed by atoms with Gasteiger partial charge in [0.15, 0.2) is 0 Å². The van der Waals surface area contributed by atoms with Crippen molar-refractivity contribution in [1.29, 1.82) is 0 Å². The van der Waals surface area contributed by atoms with Gasteiger partial charge in [-0.3, -0.25) is 0 Å². The summed E-state index contributed by atoms with van der Waals surface area (Å²) in [6.07, 6.45) is 5.24. The standard InChI is InChI=1S/C25H30N6O3/c1-4-34-24(32)19-9-10-31-21(19)8-5-17-16-26-25(28-23(17)31)27-20-7-6-18(15-22(20)33-3)30-13-11-29(2)12-14-30/h6-7,9-10,15-16H,4-5,8,11-14H2,1-3H3,(H,26,27,28). The van der Waals surface area contributed by atoms with Crippen LogP contribution in [0.5, 0.6) is 5.75 Å². The van der Waals surface area contributed by atoms with E-state index in [2.05, 4.69) is 39.3 Å². The van der Waals surface area contributed by atoms with Gasteiger partial charge in [-0.15, -0.1) is 0 Å². The molecule has 178 valence electrons. The lowest BCUT2D eigenvalue weighted by Gasteiger charge is -2.34. The van der Waals surface area contributed by atoms with Gasteiger partial charge in [-0.25, -0.2) is 9.78 Å². The summed E-state index contributed by atoms with van der Waals surface area (Å²) in [5.41, 5.74) is 4.51. The molecule has 0 saturated carbocycles. The Kier molecular flexibility index (Phi) is 6.10. The van der Waals surface area contributed by atoms with Gasteiger partial charge in [0.1, 0.15) is 11.6 Å². The second-order valence-corrected chi connectivity index (χ2v) is 8.61. The molecule has 34 heavy (non-hydrogen) atoms. The largest absolute Gasteiger partial charge is 0.494 e. The predicted molar refractivity (Wildman–Crippen MR) is 131 cm³/mol. The molecule has 0 unspecified atom stereocenters. The molecular formula is C25H30N6O3. The fourth-order valence-corrected chi connectivity index (χ4v) is 4.57. The fraction of sp³-hybridized carbons (Fsp3) is 0.400. The maximum atomic E-state index is 12.3. The van der Waals surface area contributed by atoms with Gasteiger partial charge in [0.25, 0.3) is 0 Å². The Morgan fingerprint density at radius 3 is 2.74 bits per heavy atom. The van der Waals surface area contributed by atoms with E-state index in [0.29, 0.717) is 18.1 Å². The zero-order valence-electron chi connectivity index (χ0n) is 19.9. The lowest BCUT2D eigenvalue weighted by Crippen LogP contribution is -2.44. The van der Waals surface area contributed by atoms with E-state index in [1.807, 2.05) is 30.0 Å². The Balaban J connectivity index is 1.40. The second-order valence-electron chi connectivity index (χ2n) is 8.61. The first-order valence-electron chi connectivity index (χ1n) is 11.7. The zero-order chi connectivity index (χ0) is 23.7. The number of rotatable bonds is 6. The van der Waals surface area contributed by atoms with Crippen LogP contribution in [0.1, 0.15) is 28.5 Å². The second kappa shape index (κ2) is 9.34. The summed E-state index contributed by atoms with van der Waals surface area (Å²) >= 11 is 0. The van der Waals surface area contributed by atoms with E-state index in [1.165, 1.54) is 0 Å². The SMILES string of the molecule is CCOC(=O)c1ccn2c1CCc1cnc(Nc3ccc(N4CCN(C)CC4)cc3OC)nc1-2. The van der Waals surface area contributed by atoms with Crippen molar-refractivity contribution in [1.82, 2.24) is 19.4 Å². The van der Waals surface area contributed by atoms with Crippen molar-refractivity contribution in [2.24, 2.45) is 0 Å². The molecule has 1 N–H and O–H groups in total. The normalized spacial score (nSPS) is 15.4. The molecule has 3 aromatic rings. The molecule has 0 atom stereocenters. The van der Waals surface area contributed by atoms with Crippen molar-refractivity contribution in [2.75, 3.05) is 57.2 Å². The number of piperazine rings is 1. The third kappa shape index (κ3) is 4.19. The highest BCUT2D eigenvalue weighted by molar-refractivity contribution is 5.91. The number of aromatic nitrogens is 3. The van der Waals surface area contributed by atoms with E-state index in [0.717, 1.165) is 73.2 Å². The first-order chi connectivity index (χ1) is 16.6. The summed E-state index contributed by atoms with van der Waals surface area (Å²) in [6.45, 7) is 6.24. The van der Waals surface area contributed by atoms with Gasteiger partial charge >= 0.3 is 5.97 Å². The van der Waals surface area contributed by atoms with Crippen molar-refractivity contribution in [3.63, 3.8) is 0 Å². The van der Waals surface area contributed by atoms with Crippen LogP contribution in [-0.2, 0) is 17.6 Å².